The monoisotopic (exact) mass is 307 g/mol. The number of nitrogens with one attached hydrogen (secondary N) is 1. The minimum Gasteiger partial charge on any atom is -0.464 e. The van der Waals surface area contributed by atoms with E-state index in [9.17, 15) is 14.4 Å². The zero-order chi connectivity index (χ0) is 16.9. The second kappa shape index (κ2) is 7.38. The van der Waals surface area contributed by atoms with Gasteiger partial charge in [-0.05, 0) is 24.8 Å². The van der Waals surface area contributed by atoms with E-state index in [1.54, 1.807) is 6.92 Å². The largest absolute Gasteiger partial charge is 0.464 e. The van der Waals surface area contributed by atoms with E-state index < -0.39 is 12.0 Å². The van der Waals surface area contributed by atoms with Gasteiger partial charge in [-0.3, -0.25) is 9.59 Å². The summed E-state index contributed by atoms with van der Waals surface area (Å²) in [6.07, 6.45) is 4.35. The van der Waals surface area contributed by atoms with Crippen molar-refractivity contribution in [3.05, 3.63) is 23.4 Å². The summed E-state index contributed by atoms with van der Waals surface area (Å²) in [4.78, 5) is 36.0. The number of unbranched alkanes of at least 4 members (excludes halogenated alkanes) is 1. The van der Waals surface area contributed by atoms with Crippen molar-refractivity contribution in [1.82, 2.24) is 5.32 Å². The molecule has 0 aliphatic heterocycles. The normalized spacial score (nSPS) is 16.8. The van der Waals surface area contributed by atoms with E-state index in [2.05, 4.69) is 5.32 Å². The predicted octanol–water partition coefficient (Wildman–Crippen LogP) is 2.32. The summed E-state index contributed by atoms with van der Waals surface area (Å²) in [5.74, 6) is -0.931. The number of hydrogen-bond acceptors (Lipinski definition) is 5. The fourth-order valence-corrected chi connectivity index (χ4v) is 1.99. The smallest absolute Gasteiger partial charge is 0.328 e. The molecular weight excluding hydrogens is 282 g/mol. The van der Waals surface area contributed by atoms with Crippen LogP contribution in [0.15, 0.2) is 23.4 Å². The van der Waals surface area contributed by atoms with Crippen LogP contribution in [-0.2, 0) is 19.1 Å². The number of ketones is 2. The molecule has 0 bridgehead atoms. The standard InChI is InChI=1S/C17H25NO4/c1-6-7-8-22-16(21)11(2)18-13-10-14(19)12(9-15(13)20)17(3,4)5/h9-11,18H,6-8H2,1-5H3. The number of carbonyl (C=O) groups excluding carboxylic acids is 3. The van der Waals surface area contributed by atoms with E-state index in [-0.39, 0.29) is 22.7 Å². The molecule has 0 heterocycles. The quantitative estimate of drug-likeness (QED) is 0.463. The second-order valence-corrected chi connectivity index (χ2v) is 6.48. The van der Waals surface area contributed by atoms with Crippen molar-refractivity contribution < 1.29 is 19.1 Å². The maximum atomic E-state index is 12.1. The van der Waals surface area contributed by atoms with Crippen LogP contribution in [0.25, 0.3) is 0 Å². The Morgan fingerprint density at radius 3 is 2.41 bits per heavy atom. The first-order chi connectivity index (χ1) is 10.2. The van der Waals surface area contributed by atoms with Gasteiger partial charge in [0.1, 0.15) is 6.04 Å². The van der Waals surface area contributed by atoms with Crippen molar-refractivity contribution in [3.63, 3.8) is 0 Å². The highest BCUT2D eigenvalue weighted by molar-refractivity contribution is 6.20. The van der Waals surface area contributed by atoms with E-state index in [0.717, 1.165) is 12.8 Å². The van der Waals surface area contributed by atoms with E-state index in [4.69, 9.17) is 4.74 Å². The molecule has 0 radical (unpaired) electrons. The van der Waals surface area contributed by atoms with Crippen molar-refractivity contribution in [3.8, 4) is 0 Å². The number of esters is 1. The Kier molecular flexibility index (Phi) is 6.09. The molecule has 0 aromatic heterocycles. The molecule has 0 spiro atoms. The summed E-state index contributed by atoms with van der Waals surface area (Å²) in [6, 6.07) is -0.676. The van der Waals surface area contributed by atoms with Crippen LogP contribution in [0.1, 0.15) is 47.5 Å². The van der Waals surface area contributed by atoms with Gasteiger partial charge >= 0.3 is 5.97 Å². The summed E-state index contributed by atoms with van der Waals surface area (Å²) in [5, 5.41) is 2.77. The molecule has 1 unspecified atom stereocenters. The molecule has 122 valence electrons. The van der Waals surface area contributed by atoms with Gasteiger partial charge in [0, 0.05) is 11.6 Å². The third-order valence-electron chi connectivity index (χ3n) is 3.36. The van der Waals surface area contributed by atoms with Gasteiger partial charge in [-0.15, -0.1) is 0 Å². The van der Waals surface area contributed by atoms with Gasteiger partial charge in [0.25, 0.3) is 0 Å². The molecule has 5 nitrogen and oxygen atoms in total. The van der Waals surface area contributed by atoms with E-state index in [1.165, 1.54) is 12.2 Å². The Balaban J connectivity index is 2.70. The van der Waals surface area contributed by atoms with Gasteiger partial charge in [-0.2, -0.15) is 0 Å². The lowest BCUT2D eigenvalue weighted by Crippen LogP contribution is -2.38. The van der Waals surface area contributed by atoms with Crippen LogP contribution in [-0.4, -0.2) is 30.2 Å². The molecule has 22 heavy (non-hydrogen) atoms. The molecule has 0 saturated heterocycles. The SMILES string of the molecule is CCCCOC(=O)C(C)NC1=CC(=O)C(C(C)(C)C)=CC1=O. The first kappa shape index (κ1) is 18.1. The Labute approximate surface area is 131 Å². The Bertz CT molecular complexity index is 523. The highest BCUT2D eigenvalue weighted by Gasteiger charge is 2.29. The topological polar surface area (TPSA) is 72.5 Å². The Morgan fingerprint density at radius 2 is 1.86 bits per heavy atom. The minimum atomic E-state index is -0.676. The van der Waals surface area contributed by atoms with E-state index in [1.807, 2.05) is 27.7 Å². The van der Waals surface area contributed by atoms with Crippen LogP contribution in [0, 0.1) is 5.41 Å². The first-order valence-corrected chi connectivity index (χ1v) is 7.62. The molecule has 1 aliphatic rings. The van der Waals surface area contributed by atoms with Crippen LogP contribution in [0.2, 0.25) is 0 Å². The van der Waals surface area contributed by atoms with Crippen molar-refractivity contribution >= 4 is 17.5 Å². The Morgan fingerprint density at radius 1 is 1.23 bits per heavy atom. The first-order valence-electron chi connectivity index (χ1n) is 7.62. The summed E-state index contributed by atoms with van der Waals surface area (Å²) < 4.78 is 5.08. The summed E-state index contributed by atoms with van der Waals surface area (Å²) >= 11 is 0. The van der Waals surface area contributed by atoms with E-state index in [0.29, 0.717) is 12.2 Å². The number of hydrogen-bond donors (Lipinski definition) is 1. The number of ether oxygens (including phenoxy) is 1. The Hall–Kier alpha value is -1.91. The third kappa shape index (κ3) is 4.83. The molecule has 5 heteroatoms. The lowest BCUT2D eigenvalue weighted by atomic mass is 9.81. The van der Waals surface area contributed by atoms with Gasteiger partial charge in [0.2, 0.25) is 5.78 Å². The molecule has 0 aromatic rings. The zero-order valence-electron chi connectivity index (χ0n) is 14.0. The van der Waals surface area contributed by atoms with Crippen LogP contribution in [0.3, 0.4) is 0 Å². The molecule has 1 aliphatic carbocycles. The lowest BCUT2D eigenvalue weighted by Gasteiger charge is -2.24. The molecule has 0 aromatic carbocycles. The molecule has 1 atom stereocenters. The van der Waals surface area contributed by atoms with Crippen molar-refractivity contribution in [2.75, 3.05) is 6.61 Å². The van der Waals surface area contributed by atoms with Crippen LogP contribution in [0.5, 0.6) is 0 Å². The number of rotatable bonds is 6. The highest BCUT2D eigenvalue weighted by Crippen LogP contribution is 2.28. The fraction of sp³-hybridized carbons (Fsp3) is 0.588. The maximum absolute atomic E-state index is 12.1. The van der Waals surface area contributed by atoms with Gasteiger partial charge in [0.15, 0.2) is 5.78 Å². The average Bonchev–Trinajstić information content (AvgIpc) is 2.41. The minimum absolute atomic E-state index is 0.137. The predicted molar refractivity (Wildman–Crippen MR) is 84.1 cm³/mol. The van der Waals surface area contributed by atoms with Crippen molar-refractivity contribution in [2.24, 2.45) is 5.41 Å². The number of allylic oxidation sites excluding steroid dienone is 3. The molecule has 0 amide bonds. The molecule has 1 rings (SSSR count). The van der Waals surface area contributed by atoms with Gasteiger partial charge in [0.05, 0.1) is 12.3 Å². The van der Waals surface area contributed by atoms with Gasteiger partial charge < -0.3 is 10.1 Å². The third-order valence-corrected chi connectivity index (χ3v) is 3.36. The fourth-order valence-electron chi connectivity index (χ4n) is 1.99. The van der Waals surface area contributed by atoms with E-state index >= 15 is 0 Å². The van der Waals surface area contributed by atoms with Crippen molar-refractivity contribution in [2.45, 2.75) is 53.5 Å². The lowest BCUT2D eigenvalue weighted by molar-refractivity contribution is -0.145. The summed E-state index contributed by atoms with van der Waals surface area (Å²) in [6.45, 7) is 9.61. The van der Waals surface area contributed by atoms with Gasteiger partial charge in [-0.1, -0.05) is 34.1 Å². The molecule has 0 saturated carbocycles. The summed E-state index contributed by atoms with van der Waals surface area (Å²) in [7, 11) is 0. The van der Waals surface area contributed by atoms with Crippen molar-refractivity contribution in [1.29, 1.82) is 0 Å². The molecule has 0 fully saturated rings. The summed E-state index contributed by atoms with van der Waals surface area (Å²) in [5.41, 5.74) is 0.221. The zero-order valence-corrected chi connectivity index (χ0v) is 14.0. The van der Waals surface area contributed by atoms with Gasteiger partial charge in [-0.25, -0.2) is 4.79 Å². The van der Waals surface area contributed by atoms with Crippen LogP contribution < -0.4 is 5.32 Å². The maximum Gasteiger partial charge on any atom is 0.328 e. The highest BCUT2D eigenvalue weighted by atomic mass is 16.5. The second-order valence-electron chi connectivity index (χ2n) is 6.48. The molecular formula is C17H25NO4. The van der Waals surface area contributed by atoms with Crippen LogP contribution >= 0.6 is 0 Å². The average molecular weight is 307 g/mol. The van der Waals surface area contributed by atoms with Crippen LogP contribution in [0.4, 0.5) is 0 Å². The molecule has 1 N–H and O–H groups in total. The number of carbonyl (C=O) groups is 3.